The molecule has 1 N–H and O–H groups in total. The fraction of sp³-hybridized carbons (Fsp3) is 0.273. The third kappa shape index (κ3) is 5.80. The summed E-state index contributed by atoms with van der Waals surface area (Å²) in [4.78, 5) is 0. The molecule has 0 amide bonds. The number of hydrogen-bond donors (Lipinski definition) is 1. The molecule has 0 aliphatic carbocycles. The fourth-order valence-electron chi connectivity index (χ4n) is 2.48. The van der Waals surface area contributed by atoms with Crippen molar-refractivity contribution >= 4 is 6.08 Å². The molecule has 0 aliphatic rings. The van der Waals surface area contributed by atoms with Crippen LogP contribution in [0, 0.1) is 11.8 Å². The van der Waals surface area contributed by atoms with E-state index in [2.05, 4.69) is 6.58 Å². The van der Waals surface area contributed by atoms with Gasteiger partial charge in [0.25, 0.3) is 0 Å². The van der Waals surface area contributed by atoms with Gasteiger partial charge >= 0.3 is 0 Å². The smallest absolute Gasteiger partial charge is 0.0717 e. The highest BCUT2D eigenvalue weighted by atomic mass is 16.5. The highest BCUT2D eigenvalue weighted by Crippen LogP contribution is 2.18. The Labute approximate surface area is 145 Å². The number of aliphatic hydroxyl groups excluding tert-OH is 1. The Balaban J connectivity index is 1.99. The highest BCUT2D eigenvalue weighted by Gasteiger charge is 2.21. The highest BCUT2D eigenvalue weighted by molar-refractivity contribution is 5.49. The molecule has 2 heteroatoms. The van der Waals surface area contributed by atoms with E-state index in [0.717, 1.165) is 11.1 Å². The second-order valence-electron chi connectivity index (χ2n) is 6.02. The van der Waals surface area contributed by atoms with Gasteiger partial charge in [-0.05, 0) is 11.1 Å². The van der Waals surface area contributed by atoms with Crippen LogP contribution in [0.15, 0.2) is 79.4 Å². The maximum atomic E-state index is 10.6. The predicted octanol–water partition coefficient (Wildman–Crippen LogP) is 4.72. The van der Waals surface area contributed by atoms with Gasteiger partial charge in [0, 0.05) is 11.8 Å². The monoisotopic (exact) mass is 322 g/mol. The minimum Gasteiger partial charge on any atom is -0.392 e. The Morgan fingerprint density at radius 2 is 1.67 bits per heavy atom. The summed E-state index contributed by atoms with van der Waals surface area (Å²) in [5, 5.41) is 10.6. The molecule has 126 valence electrons. The molecule has 0 aromatic heterocycles. The number of rotatable bonds is 9. The first kappa shape index (κ1) is 18.2. The van der Waals surface area contributed by atoms with Crippen molar-refractivity contribution in [2.45, 2.75) is 19.6 Å². The van der Waals surface area contributed by atoms with Gasteiger partial charge in [-0.15, -0.1) is 6.58 Å². The van der Waals surface area contributed by atoms with Crippen molar-refractivity contribution in [3.63, 3.8) is 0 Å². The first-order valence-corrected chi connectivity index (χ1v) is 8.36. The van der Waals surface area contributed by atoms with Gasteiger partial charge in [-0.25, -0.2) is 0 Å². The summed E-state index contributed by atoms with van der Waals surface area (Å²) in [6.45, 7) is 6.77. The molecule has 3 atom stereocenters. The molecule has 24 heavy (non-hydrogen) atoms. The van der Waals surface area contributed by atoms with E-state index in [4.69, 9.17) is 4.74 Å². The Morgan fingerprint density at radius 3 is 2.29 bits per heavy atom. The van der Waals surface area contributed by atoms with Crippen LogP contribution >= 0.6 is 0 Å². The van der Waals surface area contributed by atoms with Gasteiger partial charge in [-0.2, -0.15) is 0 Å². The quantitative estimate of drug-likeness (QED) is 0.677. The summed E-state index contributed by atoms with van der Waals surface area (Å²) in [5.74, 6) is -0.0716. The predicted molar refractivity (Wildman–Crippen MR) is 100 cm³/mol. The Hall–Kier alpha value is -2.16. The number of benzene rings is 2. The normalized spacial score (nSPS) is 15.1. The van der Waals surface area contributed by atoms with Crippen molar-refractivity contribution in [3.8, 4) is 0 Å². The van der Waals surface area contributed by atoms with Crippen LogP contribution in [0.1, 0.15) is 18.1 Å². The van der Waals surface area contributed by atoms with Crippen LogP contribution in [0.2, 0.25) is 0 Å². The molecule has 0 aliphatic heterocycles. The van der Waals surface area contributed by atoms with E-state index in [-0.39, 0.29) is 11.8 Å². The van der Waals surface area contributed by atoms with E-state index in [1.165, 1.54) is 0 Å². The summed E-state index contributed by atoms with van der Waals surface area (Å²) in [6.07, 6.45) is 5.34. The van der Waals surface area contributed by atoms with E-state index >= 15 is 0 Å². The van der Waals surface area contributed by atoms with Crippen molar-refractivity contribution in [2.24, 2.45) is 11.8 Å². The third-order valence-electron chi connectivity index (χ3n) is 4.11. The molecule has 0 fully saturated rings. The third-order valence-corrected chi connectivity index (χ3v) is 4.11. The lowest BCUT2D eigenvalue weighted by atomic mass is 9.92. The molecule has 2 aromatic rings. The van der Waals surface area contributed by atoms with Crippen LogP contribution in [-0.4, -0.2) is 17.8 Å². The molecule has 0 bridgehead atoms. The van der Waals surface area contributed by atoms with Gasteiger partial charge in [-0.3, -0.25) is 0 Å². The van der Waals surface area contributed by atoms with Gasteiger partial charge in [-0.1, -0.05) is 85.8 Å². The Bertz CT molecular complexity index is 619. The molecule has 2 nitrogen and oxygen atoms in total. The lowest BCUT2D eigenvalue weighted by Crippen LogP contribution is -2.28. The van der Waals surface area contributed by atoms with E-state index < -0.39 is 6.10 Å². The van der Waals surface area contributed by atoms with Crippen molar-refractivity contribution in [2.75, 3.05) is 6.61 Å². The van der Waals surface area contributed by atoms with Crippen molar-refractivity contribution in [3.05, 3.63) is 90.5 Å². The molecule has 0 spiro atoms. The van der Waals surface area contributed by atoms with E-state index in [1.807, 2.05) is 79.7 Å². The molecule has 0 radical (unpaired) electrons. The molecule has 0 saturated carbocycles. The SMILES string of the molecule is C=C[C@H](C)[C@H](O)C(/C=C/c1ccccc1)COCc1ccccc1. The zero-order valence-corrected chi connectivity index (χ0v) is 14.2. The molecule has 1 unspecified atom stereocenters. The van der Waals surface area contributed by atoms with Gasteiger partial charge in [0.15, 0.2) is 0 Å². The minimum absolute atomic E-state index is 0.00995. The standard InChI is InChI=1S/C22H26O2/c1-3-18(2)22(23)21(15-14-19-10-6-4-7-11-19)17-24-16-20-12-8-5-9-13-20/h3-15,18,21-23H,1,16-17H2,2H3/b15-14+/t18-,21?,22-/m0/s1. The number of aliphatic hydroxyl groups is 1. The second kappa shape index (κ2) is 9.86. The first-order chi connectivity index (χ1) is 11.7. The topological polar surface area (TPSA) is 29.5 Å². The van der Waals surface area contributed by atoms with Crippen LogP contribution in [0.4, 0.5) is 0 Å². The van der Waals surface area contributed by atoms with Crippen molar-refractivity contribution in [1.82, 2.24) is 0 Å². The van der Waals surface area contributed by atoms with Crippen LogP contribution < -0.4 is 0 Å². The Kier molecular flexibility index (Phi) is 7.47. The van der Waals surface area contributed by atoms with Crippen LogP contribution in [0.5, 0.6) is 0 Å². The zero-order chi connectivity index (χ0) is 17.2. The molecular weight excluding hydrogens is 296 g/mol. The van der Waals surface area contributed by atoms with Crippen LogP contribution in [-0.2, 0) is 11.3 Å². The maximum absolute atomic E-state index is 10.6. The van der Waals surface area contributed by atoms with Gasteiger partial charge < -0.3 is 9.84 Å². The van der Waals surface area contributed by atoms with Gasteiger partial charge in [0.05, 0.1) is 19.3 Å². The number of hydrogen-bond acceptors (Lipinski definition) is 2. The van der Waals surface area contributed by atoms with Gasteiger partial charge in [0.1, 0.15) is 0 Å². The van der Waals surface area contributed by atoms with Crippen molar-refractivity contribution in [1.29, 1.82) is 0 Å². The summed E-state index contributed by atoms with van der Waals surface area (Å²) < 4.78 is 5.84. The van der Waals surface area contributed by atoms with E-state index in [0.29, 0.717) is 13.2 Å². The molecule has 0 heterocycles. The maximum Gasteiger partial charge on any atom is 0.0717 e. The first-order valence-electron chi connectivity index (χ1n) is 8.36. The molecule has 0 saturated heterocycles. The lowest BCUT2D eigenvalue weighted by Gasteiger charge is -2.23. The van der Waals surface area contributed by atoms with Crippen molar-refractivity contribution < 1.29 is 9.84 Å². The number of ether oxygens (including phenoxy) is 1. The second-order valence-corrected chi connectivity index (χ2v) is 6.02. The summed E-state index contributed by atoms with van der Waals surface area (Å²) >= 11 is 0. The van der Waals surface area contributed by atoms with Crippen LogP contribution in [0.3, 0.4) is 0 Å². The molecular formula is C22H26O2. The minimum atomic E-state index is -0.516. The summed E-state index contributed by atoms with van der Waals surface area (Å²) in [6, 6.07) is 20.2. The molecule has 2 rings (SSSR count). The van der Waals surface area contributed by atoms with E-state index in [1.54, 1.807) is 6.08 Å². The zero-order valence-electron chi connectivity index (χ0n) is 14.2. The van der Waals surface area contributed by atoms with Gasteiger partial charge in [0.2, 0.25) is 0 Å². The fourth-order valence-corrected chi connectivity index (χ4v) is 2.48. The van der Waals surface area contributed by atoms with E-state index in [9.17, 15) is 5.11 Å². The average Bonchev–Trinajstić information content (AvgIpc) is 2.65. The Morgan fingerprint density at radius 1 is 1.04 bits per heavy atom. The summed E-state index contributed by atoms with van der Waals surface area (Å²) in [7, 11) is 0. The average molecular weight is 322 g/mol. The molecule has 2 aromatic carbocycles. The lowest BCUT2D eigenvalue weighted by molar-refractivity contribution is 0.0254. The summed E-state index contributed by atoms with van der Waals surface area (Å²) in [5.41, 5.74) is 2.25. The van der Waals surface area contributed by atoms with Crippen LogP contribution in [0.25, 0.3) is 6.08 Å². The largest absolute Gasteiger partial charge is 0.392 e.